The summed E-state index contributed by atoms with van der Waals surface area (Å²) in [5.41, 5.74) is 0. The number of hydrogen-bond acceptors (Lipinski definition) is 3. The second-order valence-corrected chi connectivity index (χ2v) is 11.6. The molecule has 0 aromatic rings. The molecule has 0 unspecified atom stereocenters. The molecule has 0 radical (unpaired) electrons. The zero-order valence-electron chi connectivity index (χ0n) is 25.3. The fraction of sp³-hybridized carbons (Fsp3) is 0.939. The largest absolute Gasteiger partial charge is 0.480 e. The van der Waals surface area contributed by atoms with Crippen molar-refractivity contribution < 1.29 is 19.8 Å². The third kappa shape index (κ3) is 27.9. The van der Waals surface area contributed by atoms with E-state index in [9.17, 15) is 9.59 Å². The molecule has 0 spiro atoms. The summed E-state index contributed by atoms with van der Waals surface area (Å²) in [4.78, 5) is 22.5. The van der Waals surface area contributed by atoms with E-state index in [-0.39, 0.29) is 5.91 Å². The number of aliphatic hydroxyl groups excluding tert-OH is 1. The van der Waals surface area contributed by atoms with Crippen LogP contribution in [0, 0.1) is 0 Å². The van der Waals surface area contributed by atoms with Gasteiger partial charge >= 0.3 is 5.97 Å². The van der Waals surface area contributed by atoms with Crippen LogP contribution in [0.25, 0.3) is 0 Å². The summed E-state index contributed by atoms with van der Waals surface area (Å²) in [6.45, 7) is 1.72. The number of carbonyl (C=O) groups excluding carboxylic acids is 1. The first-order valence-electron chi connectivity index (χ1n) is 16.7. The number of carboxylic acid groups (broad SMARTS) is 1. The molecule has 1 atom stereocenters. The maximum absolute atomic E-state index is 11.7. The lowest BCUT2D eigenvalue weighted by Crippen LogP contribution is -2.43. The summed E-state index contributed by atoms with van der Waals surface area (Å²) in [6, 6.07) is -1.18. The summed E-state index contributed by atoms with van der Waals surface area (Å²) < 4.78 is 0. The number of aliphatic carboxylic acids is 1. The SMILES string of the molecule is CCCCCCCCCCCCCCCCCCCCCCCCCCCCCC(=O)N[C@@H](CO)C(=O)O. The number of hydrogen-bond donors (Lipinski definition) is 3. The van der Waals surface area contributed by atoms with Crippen LogP contribution in [0.3, 0.4) is 0 Å². The predicted molar refractivity (Wildman–Crippen MR) is 162 cm³/mol. The molecule has 0 bridgehead atoms. The van der Waals surface area contributed by atoms with Crippen LogP contribution in [-0.2, 0) is 9.59 Å². The molecule has 3 N–H and O–H groups in total. The van der Waals surface area contributed by atoms with Gasteiger partial charge < -0.3 is 15.5 Å². The van der Waals surface area contributed by atoms with Gasteiger partial charge in [-0.3, -0.25) is 4.79 Å². The van der Waals surface area contributed by atoms with Crippen LogP contribution in [-0.4, -0.2) is 34.7 Å². The Morgan fingerprint density at radius 1 is 0.500 bits per heavy atom. The molecule has 0 heterocycles. The predicted octanol–water partition coefficient (Wildman–Crippen LogP) is 9.49. The van der Waals surface area contributed by atoms with Crippen LogP contribution in [0.5, 0.6) is 0 Å². The van der Waals surface area contributed by atoms with E-state index in [1.165, 1.54) is 154 Å². The highest BCUT2D eigenvalue weighted by Crippen LogP contribution is 2.16. The summed E-state index contributed by atoms with van der Waals surface area (Å²) >= 11 is 0. The quantitative estimate of drug-likeness (QED) is 0.0765. The van der Waals surface area contributed by atoms with E-state index >= 15 is 0 Å². The Morgan fingerprint density at radius 2 is 0.763 bits per heavy atom. The number of carbonyl (C=O) groups is 2. The average molecular weight is 540 g/mol. The van der Waals surface area contributed by atoms with Gasteiger partial charge in [0.1, 0.15) is 6.04 Å². The Morgan fingerprint density at radius 3 is 1.00 bits per heavy atom. The topological polar surface area (TPSA) is 86.6 Å². The molecule has 5 nitrogen and oxygen atoms in total. The van der Waals surface area contributed by atoms with E-state index in [0.29, 0.717) is 6.42 Å². The first-order chi connectivity index (χ1) is 18.6. The second kappa shape index (κ2) is 30.4. The summed E-state index contributed by atoms with van der Waals surface area (Å²) in [6.07, 6.45) is 37.1. The van der Waals surface area contributed by atoms with Gasteiger partial charge in [-0.2, -0.15) is 0 Å². The zero-order chi connectivity index (χ0) is 27.9. The van der Waals surface area contributed by atoms with E-state index in [1.807, 2.05) is 0 Å². The highest BCUT2D eigenvalue weighted by atomic mass is 16.4. The molecular weight excluding hydrogens is 474 g/mol. The number of carboxylic acids is 1. The van der Waals surface area contributed by atoms with Gasteiger partial charge in [-0.1, -0.05) is 174 Å². The number of unbranched alkanes of at least 4 members (excludes halogenated alkanes) is 26. The van der Waals surface area contributed by atoms with Gasteiger partial charge in [0.25, 0.3) is 0 Å². The molecule has 0 fully saturated rings. The molecule has 0 aliphatic heterocycles. The zero-order valence-corrected chi connectivity index (χ0v) is 25.3. The molecule has 5 heteroatoms. The molecule has 0 aromatic carbocycles. The van der Waals surface area contributed by atoms with Crippen LogP contribution in [0.1, 0.15) is 187 Å². The fourth-order valence-corrected chi connectivity index (χ4v) is 5.23. The maximum Gasteiger partial charge on any atom is 0.328 e. The van der Waals surface area contributed by atoms with Crippen LogP contribution in [0.2, 0.25) is 0 Å². The lowest BCUT2D eigenvalue weighted by atomic mass is 10.0. The van der Waals surface area contributed by atoms with Crippen molar-refractivity contribution in [2.45, 2.75) is 193 Å². The van der Waals surface area contributed by atoms with Crippen molar-refractivity contribution in [3.05, 3.63) is 0 Å². The van der Waals surface area contributed by atoms with Crippen molar-refractivity contribution in [3.8, 4) is 0 Å². The Hall–Kier alpha value is -1.10. The number of rotatable bonds is 31. The first kappa shape index (κ1) is 36.9. The summed E-state index contributed by atoms with van der Waals surface area (Å²) in [5, 5.41) is 20.1. The number of nitrogens with one attached hydrogen (secondary N) is 1. The molecule has 0 aliphatic carbocycles. The minimum Gasteiger partial charge on any atom is -0.480 e. The van der Waals surface area contributed by atoms with Crippen molar-refractivity contribution in [1.29, 1.82) is 0 Å². The minimum absolute atomic E-state index is 0.286. The van der Waals surface area contributed by atoms with E-state index in [2.05, 4.69) is 12.2 Å². The van der Waals surface area contributed by atoms with Gasteiger partial charge in [-0.15, -0.1) is 0 Å². The van der Waals surface area contributed by atoms with Gasteiger partial charge in [0.15, 0.2) is 0 Å². The summed E-state index contributed by atoms with van der Waals surface area (Å²) in [7, 11) is 0. The van der Waals surface area contributed by atoms with Crippen molar-refractivity contribution in [2.24, 2.45) is 0 Å². The van der Waals surface area contributed by atoms with Gasteiger partial charge in [0.05, 0.1) is 6.61 Å². The van der Waals surface area contributed by atoms with Crippen molar-refractivity contribution in [1.82, 2.24) is 5.32 Å². The highest BCUT2D eigenvalue weighted by Gasteiger charge is 2.17. The van der Waals surface area contributed by atoms with Crippen molar-refractivity contribution in [2.75, 3.05) is 6.61 Å². The Kier molecular flexibility index (Phi) is 29.6. The molecular formula is C33H65NO4. The molecule has 0 saturated heterocycles. The van der Waals surface area contributed by atoms with E-state index in [0.717, 1.165) is 19.3 Å². The lowest BCUT2D eigenvalue weighted by Gasteiger charge is -2.11. The third-order valence-corrected chi connectivity index (χ3v) is 7.82. The standard InChI is InChI=1S/C33H65NO4/c1-2-3-4-5-6-7-8-9-10-11-12-13-14-15-16-17-18-19-20-21-22-23-24-25-26-27-28-29-32(36)34-31(30-35)33(37)38/h31,35H,2-30H2,1H3,(H,34,36)(H,37,38)/t31-/m0/s1. The van der Waals surface area contributed by atoms with Gasteiger partial charge in [-0.05, 0) is 6.42 Å². The first-order valence-corrected chi connectivity index (χ1v) is 16.7. The number of aliphatic hydroxyl groups is 1. The van der Waals surface area contributed by atoms with E-state index < -0.39 is 18.6 Å². The minimum atomic E-state index is -1.19. The van der Waals surface area contributed by atoms with Crippen molar-refractivity contribution >= 4 is 11.9 Å². The molecule has 1 amide bonds. The van der Waals surface area contributed by atoms with Crippen molar-refractivity contribution in [3.63, 3.8) is 0 Å². The summed E-state index contributed by atoms with van der Waals surface area (Å²) in [5.74, 6) is -1.48. The maximum atomic E-state index is 11.7. The van der Waals surface area contributed by atoms with E-state index in [1.54, 1.807) is 0 Å². The van der Waals surface area contributed by atoms with Crippen LogP contribution < -0.4 is 5.32 Å². The average Bonchev–Trinajstić information content (AvgIpc) is 2.91. The number of amides is 1. The van der Waals surface area contributed by atoms with Gasteiger partial charge in [0, 0.05) is 6.42 Å². The molecule has 38 heavy (non-hydrogen) atoms. The third-order valence-electron chi connectivity index (χ3n) is 7.82. The van der Waals surface area contributed by atoms with Gasteiger partial charge in [-0.25, -0.2) is 4.79 Å². The van der Waals surface area contributed by atoms with Gasteiger partial charge in [0.2, 0.25) is 5.91 Å². The monoisotopic (exact) mass is 539 g/mol. The molecule has 0 aliphatic rings. The Balaban J connectivity index is 3.16. The highest BCUT2D eigenvalue weighted by molar-refractivity contribution is 5.83. The van der Waals surface area contributed by atoms with Crippen LogP contribution in [0.15, 0.2) is 0 Å². The lowest BCUT2D eigenvalue weighted by molar-refractivity contribution is -0.142. The fourth-order valence-electron chi connectivity index (χ4n) is 5.23. The molecule has 0 rings (SSSR count). The van der Waals surface area contributed by atoms with Crippen LogP contribution in [0.4, 0.5) is 0 Å². The second-order valence-electron chi connectivity index (χ2n) is 11.6. The Labute approximate surface area is 236 Å². The van der Waals surface area contributed by atoms with Crippen LogP contribution >= 0.6 is 0 Å². The Bertz CT molecular complexity index is 511. The molecule has 0 saturated carbocycles. The smallest absolute Gasteiger partial charge is 0.328 e. The normalized spacial score (nSPS) is 12.1. The molecule has 0 aromatic heterocycles. The molecule has 226 valence electrons. The van der Waals surface area contributed by atoms with E-state index in [4.69, 9.17) is 10.2 Å².